The van der Waals surface area contributed by atoms with Gasteiger partial charge < -0.3 is 9.47 Å². The number of hydrogen-bond acceptors (Lipinski definition) is 5. The van der Waals surface area contributed by atoms with Gasteiger partial charge in [0.05, 0.1) is 19.8 Å². The smallest absolute Gasteiger partial charge is 0.338 e. The average Bonchev–Trinajstić information content (AvgIpc) is 2.55. The Morgan fingerprint density at radius 2 is 1.96 bits per heavy atom. The Bertz CT molecular complexity index is 733. The Labute approximate surface area is 134 Å². The van der Waals surface area contributed by atoms with Gasteiger partial charge in [-0.3, -0.25) is 9.59 Å². The molecule has 5 heteroatoms. The molecule has 2 bridgehead atoms. The van der Waals surface area contributed by atoms with Gasteiger partial charge in [-0.05, 0) is 36.5 Å². The van der Waals surface area contributed by atoms with E-state index in [1.807, 2.05) is 0 Å². The summed E-state index contributed by atoms with van der Waals surface area (Å²) in [6.07, 6.45) is 1.18. The van der Waals surface area contributed by atoms with Crippen molar-refractivity contribution in [3.8, 4) is 0 Å². The van der Waals surface area contributed by atoms with Gasteiger partial charge in [0.25, 0.3) is 0 Å². The van der Waals surface area contributed by atoms with Crippen molar-refractivity contribution in [1.82, 2.24) is 0 Å². The van der Waals surface area contributed by atoms with Crippen LogP contribution in [0.4, 0.5) is 0 Å². The Balaban J connectivity index is 2.30. The summed E-state index contributed by atoms with van der Waals surface area (Å²) in [4.78, 5) is 37.6. The summed E-state index contributed by atoms with van der Waals surface area (Å²) in [5.41, 5.74) is 1.14. The van der Waals surface area contributed by atoms with Crippen molar-refractivity contribution < 1.29 is 23.9 Å². The number of esters is 2. The highest BCUT2D eigenvalue weighted by atomic mass is 16.5. The van der Waals surface area contributed by atoms with E-state index >= 15 is 0 Å². The molecule has 2 aliphatic rings. The van der Waals surface area contributed by atoms with E-state index in [0.717, 1.165) is 5.57 Å². The molecule has 5 nitrogen and oxygen atoms in total. The molecule has 2 aliphatic carbocycles. The van der Waals surface area contributed by atoms with E-state index in [9.17, 15) is 14.4 Å². The van der Waals surface area contributed by atoms with Crippen LogP contribution in [-0.4, -0.2) is 31.9 Å². The summed E-state index contributed by atoms with van der Waals surface area (Å²) < 4.78 is 9.79. The van der Waals surface area contributed by atoms with Gasteiger partial charge in [0.2, 0.25) is 0 Å². The average molecular weight is 314 g/mol. The first-order valence-electron chi connectivity index (χ1n) is 7.45. The highest BCUT2D eigenvalue weighted by Crippen LogP contribution is 2.49. The van der Waals surface area contributed by atoms with Crippen molar-refractivity contribution in [1.29, 1.82) is 0 Å². The van der Waals surface area contributed by atoms with Gasteiger partial charge in [-0.2, -0.15) is 0 Å². The SMILES string of the molecule is C=C1CC2Cc3c(C(=O)OC)cccc3C(C(=O)OC)(C1)C2=O. The van der Waals surface area contributed by atoms with Crippen molar-refractivity contribution in [3.05, 3.63) is 47.0 Å². The summed E-state index contributed by atoms with van der Waals surface area (Å²) in [5.74, 6) is -1.54. The molecule has 0 N–H and O–H groups in total. The van der Waals surface area contributed by atoms with Crippen LogP contribution >= 0.6 is 0 Å². The minimum atomic E-state index is -1.38. The van der Waals surface area contributed by atoms with Crippen LogP contribution in [0.15, 0.2) is 30.4 Å². The molecule has 1 fully saturated rings. The molecule has 0 radical (unpaired) electrons. The highest BCUT2D eigenvalue weighted by Gasteiger charge is 2.57. The van der Waals surface area contributed by atoms with Crippen molar-refractivity contribution in [2.45, 2.75) is 24.7 Å². The predicted molar refractivity (Wildman–Crippen MR) is 82.1 cm³/mol. The molecule has 0 spiro atoms. The van der Waals surface area contributed by atoms with E-state index in [0.29, 0.717) is 29.5 Å². The van der Waals surface area contributed by atoms with Gasteiger partial charge in [-0.1, -0.05) is 24.3 Å². The fourth-order valence-electron chi connectivity index (χ4n) is 3.93. The van der Waals surface area contributed by atoms with Gasteiger partial charge in [-0.25, -0.2) is 4.79 Å². The first-order chi connectivity index (χ1) is 11.0. The number of Topliss-reactive ketones (excluding diaryl/α,β-unsaturated/α-hetero) is 1. The zero-order chi connectivity index (χ0) is 16.8. The monoisotopic (exact) mass is 314 g/mol. The molecule has 0 aliphatic heterocycles. The lowest BCUT2D eigenvalue weighted by atomic mass is 9.57. The van der Waals surface area contributed by atoms with Crippen LogP contribution in [0.3, 0.4) is 0 Å². The maximum Gasteiger partial charge on any atom is 0.338 e. The fraction of sp³-hybridized carbons (Fsp3) is 0.389. The first kappa shape index (κ1) is 15.5. The first-order valence-corrected chi connectivity index (χ1v) is 7.45. The van der Waals surface area contributed by atoms with E-state index < -0.39 is 17.4 Å². The predicted octanol–water partition coefficient (Wildman–Crippen LogP) is 1.98. The molecule has 0 amide bonds. The second kappa shape index (κ2) is 5.33. The molecule has 1 saturated carbocycles. The van der Waals surface area contributed by atoms with Crippen LogP contribution in [0.2, 0.25) is 0 Å². The van der Waals surface area contributed by atoms with Gasteiger partial charge in [0.15, 0.2) is 11.2 Å². The highest BCUT2D eigenvalue weighted by molar-refractivity contribution is 6.13. The molecule has 2 atom stereocenters. The molecule has 3 rings (SSSR count). The quantitative estimate of drug-likeness (QED) is 0.474. The lowest BCUT2D eigenvalue weighted by Gasteiger charge is -2.43. The molecule has 0 aromatic heterocycles. The standard InChI is InChI=1S/C18H18O5/c1-10-7-11-8-13-12(16(20)22-2)5-4-6-14(13)18(9-10,15(11)19)17(21)23-3/h4-6,11H,1,7-9H2,2-3H3. The van der Waals surface area contributed by atoms with E-state index in [4.69, 9.17) is 9.47 Å². The van der Waals surface area contributed by atoms with Crippen LogP contribution in [0.5, 0.6) is 0 Å². The summed E-state index contributed by atoms with van der Waals surface area (Å²) >= 11 is 0. The maximum atomic E-state index is 12.9. The second-order valence-electron chi connectivity index (χ2n) is 6.12. The van der Waals surface area contributed by atoms with E-state index in [-0.39, 0.29) is 18.1 Å². The zero-order valence-corrected chi connectivity index (χ0v) is 13.2. The number of ketones is 1. The summed E-state index contributed by atoms with van der Waals surface area (Å²) in [6, 6.07) is 5.06. The van der Waals surface area contributed by atoms with Crippen molar-refractivity contribution in [2.75, 3.05) is 14.2 Å². The summed E-state index contributed by atoms with van der Waals surface area (Å²) in [7, 11) is 2.59. The Hall–Kier alpha value is -2.43. The van der Waals surface area contributed by atoms with E-state index in [2.05, 4.69) is 6.58 Å². The molecular weight excluding hydrogens is 296 g/mol. The van der Waals surface area contributed by atoms with Crippen LogP contribution in [0.1, 0.15) is 34.3 Å². The van der Waals surface area contributed by atoms with Gasteiger partial charge in [0.1, 0.15) is 0 Å². The number of hydrogen-bond donors (Lipinski definition) is 0. The Morgan fingerprint density at radius 3 is 2.61 bits per heavy atom. The molecule has 1 aromatic rings. The largest absolute Gasteiger partial charge is 0.468 e. The normalized spacial score (nSPS) is 25.6. The summed E-state index contributed by atoms with van der Waals surface area (Å²) in [5, 5.41) is 0. The minimum absolute atomic E-state index is 0.133. The zero-order valence-electron chi connectivity index (χ0n) is 13.2. The molecule has 2 unspecified atom stereocenters. The number of fused-ring (bicyclic) bond motifs is 4. The third-order valence-electron chi connectivity index (χ3n) is 4.87. The summed E-state index contributed by atoms with van der Waals surface area (Å²) in [6.45, 7) is 3.99. The van der Waals surface area contributed by atoms with Crippen molar-refractivity contribution >= 4 is 17.7 Å². The third-order valence-corrected chi connectivity index (χ3v) is 4.87. The van der Waals surface area contributed by atoms with Gasteiger partial charge in [-0.15, -0.1) is 0 Å². The Kier molecular flexibility index (Phi) is 3.59. The molecule has 23 heavy (non-hydrogen) atoms. The molecule has 0 saturated heterocycles. The van der Waals surface area contributed by atoms with Crippen LogP contribution in [-0.2, 0) is 30.9 Å². The third kappa shape index (κ3) is 2.03. The second-order valence-corrected chi connectivity index (χ2v) is 6.12. The maximum absolute atomic E-state index is 12.9. The topological polar surface area (TPSA) is 69.7 Å². The molecule has 0 heterocycles. The van der Waals surface area contributed by atoms with Crippen LogP contribution < -0.4 is 0 Å². The van der Waals surface area contributed by atoms with Crippen LogP contribution in [0.25, 0.3) is 0 Å². The minimum Gasteiger partial charge on any atom is -0.468 e. The van der Waals surface area contributed by atoms with E-state index in [1.54, 1.807) is 18.2 Å². The van der Waals surface area contributed by atoms with Crippen LogP contribution in [0, 0.1) is 5.92 Å². The van der Waals surface area contributed by atoms with Gasteiger partial charge >= 0.3 is 11.9 Å². The lowest BCUT2D eigenvalue weighted by Crippen LogP contribution is -2.54. The number of ether oxygens (including phenoxy) is 2. The number of methoxy groups -OCH3 is 2. The lowest BCUT2D eigenvalue weighted by molar-refractivity contribution is -0.155. The number of carbonyl (C=O) groups excluding carboxylic acids is 3. The van der Waals surface area contributed by atoms with Crippen molar-refractivity contribution in [2.24, 2.45) is 5.92 Å². The van der Waals surface area contributed by atoms with E-state index in [1.165, 1.54) is 14.2 Å². The Morgan fingerprint density at radius 1 is 1.22 bits per heavy atom. The number of carbonyl (C=O) groups is 3. The number of rotatable bonds is 2. The molecule has 120 valence electrons. The van der Waals surface area contributed by atoms with Gasteiger partial charge in [0, 0.05) is 5.92 Å². The number of allylic oxidation sites excluding steroid dienone is 1. The van der Waals surface area contributed by atoms with Crippen molar-refractivity contribution in [3.63, 3.8) is 0 Å². The fourth-order valence-corrected chi connectivity index (χ4v) is 3.93. The number of benzene rings is 1. The molecule has 1 aromatic carbocycles. The molecular formula is C18H18O5.